The molecule has 0 aromatic carbocycles. The van der Waals surface area contributed by atoms with Crippen molar-refractivity contribution in [1.82, 2.24) is 0 Å². The van der Waals surface area contributed by atoms with Crippen LogP contribution in [0.25, 0.3) is 0 Å². The smallest absolute Gasteiger partial charge is 1.00 e. The van der Waals surface area contributed by atoms with Crippen molar-refractivity contribution >= 4 is 31.3 Å². The van der Waals surface area contributed by atoms with Crippen LogP contribution in [0.5, 0.6) is 0 Å². The second-order valence-corrected chi connectivity index (χ2v) is 2.31. The van der Waals surface area contributed by atoms with Gasteiger partial charge in [-0.05, 0) is 6.42 Å². The molecule has 0 heterocycles. The van der Waals surface area contributed by atoms with Crippen LogP contribution in [0, 0.1) is 0 Å². The average molecular weight is 163 g/mol. The van der Waals surface area contributed by atoms with Gasteiger partial charge in [0.05, 0.1) is 7.11 Å². The maximum atomic E-state index is 10.3. The van der Waals surface area contributed by atoms with Crippen molar-refractivity contribution in [3.8, 4) is 0 Å². The molecular formula is C4H12MgO3P+. The standard InChI is InChI=1S/C4H10O3P.Mg.2H/c1-3-4-7-8(5)6-2;;;/h3-4H2,1-2H3;;;/q+1;+2;2*-1. The van der Waals surface area contributed by atoms with Gasteiger partial charge in [-0.2, -0.15) is 0 Å². The molecule has 0 radical (unpaired) electrons. The largest absolute Gasteiger partial charge is 2.00 e. The summed E-state index contributed by atoms with van der Waals surface area (Å²) in [4.78, 5) is 0. The van der Waals surface area contributed by atoms with Gasteiger partial charge >= 0.3 is 31.3 Å². The van der Waals surface area contributed by atoms with Crippen LogP contribution >= 0.6 is 8.25 Å². The van der Waals surface area contributed by atoms with Gasteiger partial charge in [-0.15, -0.1) is 9.05 Å². The van der Waals surface area contributed by atoms with Crippen molar-refractivity contribution in [2.45, 2.75) is 13.3 Å². The fourth-order valence-electron chi connectivity index (χ4n) is 0.219. The Balaban J connectivity index is -0.0000000817. The van der Waals surface area contributed by atoms with E-state index in [1.54, 1.807) is 0 Å². The maximum absolute atomic E-state index is 10.3. The van der Waals surface area contributed by atoms with E-state index in [4.69, 9.17) is 0 Å². The number of hydrogen-bond donors (Lipinski definition) is 0. The summed E-state index contributed by atoms with van der Waals surface area (Å²) in [7, 11) is -0.479. The van der Waals surface area contributed by atoms with Gasteiger partial charge in [0.1, 0.15) is 6.61 Å². The van der Waals surface area contributed by atoms with Crippen LogP contribution in [0.4, 0.5) is 0 Å². The Bertz CT molecular complexity index is 85.7. The molecule has 1 atom stereocenters. The van der Waals surface area contributed by atoms with Crippen LogP contribution in [0.15, 0.2) is 0 Å². The molecular weight excluding hydrogens is 151 g/mol. The minimum atomic E-state index is -1.83. The Labute approximate surface area is 75.2 Å². The Hall–Kier alpha value is 0.786. The predicted octanol–water partition coefficient (Wildman–Crippen LogP) is 1.56. The normalized spacial score (nSPS) is 10.2. The van der Waals surface area contributed by atoms with Gasteiger partial charge in [0.15, 0.2) is 0 Å². The van der Waals surface area contributed by atoms with E-state index in [1.165, 1.54) is 7.11 Å². The minimum absolute atomic E-state index is 0. The van der Waals surface area contributed by atoms with E-state index in [0.29, 0.717) is 6.61 Å². The summed E-state index contributed by atoms with van der Waals surface area (Å²) in [6, 6.07) is 0. The second-order valence-electron chi connectivity index (χ2n) is 1.24. The van der Waals surface area contributed by atoms with Crippen molar-refractivity contribution in [2.24, 2.45) is 0 Å². The Morgan fingerprint density at radius 2 is 2.22 bits per heavy atom. The third-order valence-electron chi connectivity index (χ3n) is 0.550. The van der Waals surface area contributed by atoms with Crippen LogP contribution < -0.4 is 0 Å². The molecule has 1 unspecified atom stereocenters. The van der Waals surface area contributed by atoms with E-state index in [2.05, 4.69) is 9.05 Å². The molecule has 0 N–H and O–H groups in total. The summed E-state index contributed by atoms with van der Waals surface area (Å²) in [5, 5.41) is 0. The fourth-order valence-corrected chi connectivity index (χ4v) is 0.656. The van der Waals surface area contributed by atoms with Gasteiger partial charge in [-0.1, -0.05) is 6.92 Å². The molecule has 0 aliphatic rings. The van der Waals surface area contributed by atoms with Gasteiger partial charge in [0, 0.05) is 4.57 Å². The first kappa shape index (κ1) is 12.5. The first-order valence-corrected chi connectivity index (χ1v) is 3.55. The topological polar surface area (TPSA) is 35.5 Å². The Kier molecular flexibility index (Phi) is 12.2. The summed E-state index contributed by atoms with van der Waals surface area (Å²) in [5.41, 5.74) is 0. The zero-order valence-electron chi connectivity index (χ0n) is 7.79. The SMILES string of the molecule is CCCO[P+](=O)OC.[H-].[H-].[Mg+2]. The van der Waals surface area contributed by atoms with Crippen molar-refractivity contribution in [2.75, 3.05) is 13.7 Å². The maximum Gasteiger partial charge on any atom is 2.00 e. The molecule has 0 rings (SSSR count). The molecule has 0 fully saturated rings. The number of rotatable bonds is 4. The second kappa shape index (κ2) is 8.79. The molecule has 0 saturated heterocycles. The first-order valence-electron chi connectivity index (χ1n) is 2.45. The third kappa shape index (κ3) is 8.79. The monoisotopic (exact) mass is 163 g/mol. The summed E-state index contributed by atoms with van der Waals surface area (Å²) in [6.07, 6.45) is 0.866. The summed E-state index contributed by atoms with van der Waals surface area (Å²) in [6.45, 7) is 2.45. The van der Waals surface area contributed by atoms with E-state index in [1.807, 2.05) is 6.92 Å². The van der Waals surface area contributed by atoms with Gasteiger partial charge in [-0.3, -0.25) is 0 Å². The molecule has 0 bridgehead atoms. The van der Waals surface area contributed by atoms with Crippen LogP contribution in [0.1, 0.15) is 16.2 Å². The minimum Gasteiger partial charge on any atom is -1.00 e. The predicted molar refractivity (Wildman–Crippen MR) is 38.8 cm³/mol. The zero-order chi connectivity index (χ0) is 6.41. The van der Waals surface area contributed by atoms with Crippen molar-refractivity contribution < 1.29 is 16.5 Å². The van der Waals surface area contributed by atoms with E-state index in [9.17, 15) is 4.57 Å². The first-order chi connectivity index (χ1) is 3.81. The molecule has 0 aliphatic heterocycles. The van der Waals surface area contributed by atoms with Gasteiger partial charge < -0.3 is 2.85 Å². The Morgan fingerprint density at radius 1 is 1.67 bits per heavy atom. The molecule has 0 aliphatic carbocycles. The van der Waals surface area contributed by atoms with Gasteiger partial charge in [-0.25, -0.2) is 0 Å². The summed E-state index contributed by atoms with van der Waals surface area (Å²) < 4.78 is 19.2. The molecule has 0 aromatic rings. The Morgan fingerprint density at radius 3 is 2.56 bits per heavy atom. The zero-order valence-corrected chi connectivity index (χ0v) is 8.10. The van der Waals surface area contributed by atoms with Crippen LogP contribution in [-0.2, 0) is 13.6 Å². The molecule has 9 heavy (non-hydrogen) atoms. The molecule has 0 saturated carbocycles. The van der Waals surface area contributed by atoms with Crippen LogP contribution in [0.2, 0.25) is 0 Å². The van der Waals surface area contributed by atoms with Crippen LogP contribution in [0.3, 0.4) is 0 Å². The van der Waals surface area contributed by atoms with Gasteiger partial charge in [0.25, 0.3) is 0 Å². The van der Waals surface area contributed by atoms with E-state index in [-0.39, 0.29) is 25.9 Å². The molecule has 3 nitrogen and oxygen atoms in total. The molecule has 0 spiro atoms. The molecule has 0 amide bonds. The molecule has 5 heteroatoms. The van der Waals surface area contributed by atoms with Crippen molar-refractivity contribution in [3.05, 3.63) is 0 Å². The average Bonchev–Trinajstić information content (AvgIpc) is 1.83. The third-order valence-corrected chi connectivity index (χ3v) is 1.24. The van der Waals surface area contributed by atoms with E-state index >= 15 is 0 Å². The van der Waals surface area contributed by atoms with Crippen molar-refractivity contribution in [3.63, 3.8) is 0 Å². The number of hydrogen-bond acceptors (Lipinski definition) is 3. The van der Waals surface area contributed by atoms with Gasteiger partial charge in [0.2, 0.25) is 0 Å². The quantitative estimate of drug-likeness (QED) is 0.466. The van der Waals surface area contributed by atoms with E-state index in [0.717, 1.165) is 6.42 Å². The summed E-state index contributed by atoms with van der Waals surface area (Å²) in [5.74, 6) is 0. The summed E-state index contributed by atoms with van der Waals surface area (Å²) >= 11 is 0. The molecule has 52 valence electrons. The fraction of sp³-hybridized carbons (Fsp3) is 1.00. The van der Waals surface area contributed by atoms with Crippen molar-refractivity contribution in [1.29, 1.82) is 0 Å². The van der Waals surface area contributed by atoms with Crippen LogP contribution in [-0.4, -0.2) is 36.8 Å². The van der Waals surface area contributed by atoms with E-state index < -0.39 is 8.25 Å². The molecule has 0 aromatic heterocycles.